The van der Waals surface area contributed by atoms with Gasteiger partial charge in [-0.1, -0.05) is 12.1 Å². The van der Waals surface area contributed by atoms with E-state index in [0.29, 0.717) is 5.69 Å². The molecule has 0 amide bonds. The number of rotatable bonds is 5. The summed E-state index contributed by atoms with van der Waals surface area (Å²) in [5.74, 6) is 0. The van der Waals surface area contributed by atoms with E-state index < -0.39 is 10.0 Å². The molecular formula is C13H18N4O2S. The van der Waals surface area contributed by atoms with Gasteiger partial charge in [0.2, 0.25) is 10.0 Å². The maximum atomic E-state index is 12.6. The van der Waals surface area contributed by atoms with Crippen molar-refractivity contribution >= 4 is 15.7 Å². The molecule has 0 saturated carbocycles. The van der Waals surface area contributed by atoms with Crippen LogP contribution in [0.1, 0.15) is 5.56 Å². The summed E-state index contributed by atoms with van der Waals surface area (Å²) in [5, 5.41) is 6.94. The highest BCUT2D eigenvalue weighted by atomic mass is 32.2. The monoisotopic (exact) mass is 294 g/mol. The van der Waals surface area contributed by atoms with E-state index in [1.165, 1.54) is 4.31 Å². The lowest BCUT2D eigenvalue weighted by molar-refractivity contribution is 0.467. The summed E-state index contributed by atoms with van der Waals surface area (Å²) in [6, 6.07) is 6.85. The zero-order valence-corrected chi connectivity index (χ0v) is 12.6. The summed E-state index contributed by atoms with van der Waals surface area (Å²) >= 11 is 0. The Bertz CT molecular complexity index is 694. The van der Waals surface area contributed by atoms with Crippen LogP contribution >= 0.6 is 0 Å². The zero-order valence-electron chi connectivity index (χ0n) is 11.7. The Morgan fingerprint density at radius 3 is 2.65 bits per heavy atom. The second-order valence-electron chi connectivity index (χ2n) is 4.53. The molecule has 20 heavy (non-hydrogen) atoms. The SMILES string of the molecule is CNc1ccccc1S(=O)(=O)N(C)Cc1cnn(C)c1. The topological polar surface area (TPSA) is 67.2 Å². The van der Waals surface area contributed by atoms with Crippen molar-refractivity contribution < 1.29 is 8.42 Å². The number of hydrogen-bond donors (Lipinski definition) is 1. The Labute approximate surface area is 119 Å². The molecule has 1 aromatic carbocycles. The molecule has 1 aromatic heterocycles. The van der Waals surface area contributed by atoms with Gasteiger partial charge in [-0.05, 0) is 12.1 Å². The van der Waals surface area contributed by atoms with Crippen LogP contribution in [0.2, 0.25) is 0 Å². The van der Waals surface area contributed by atoms with E-state index in [2.05, 4.69) is 10.4 Å². The number of nitrogens with one attached hydrogen (secondary N) is 1. The minimum absolute atomic E-state index is 0.272. The average molecular weight is 294 g/mol. The molecule has 1 N–H and O–H groups in total. The Balaban J connectivity index is 2.29. The molecule has 2 aromatic rings. The van der Waals surface area contributed by atoms with Crippen molar-refractivity contribution in [1.29, 1.82) is 0 Å². The van der Waals surface area contributed by atoms with Gasteiger partial charge >= 0.3 is 0 Å². The van der Waals surface area contributed by atoms with Gasteiger partial charge in [-0.15, -0.1) is 0 Å². The van der Waals surface area contributed by atoms with Crippen LogP contribution in [0.3, 0.4) is 0 Å². The van der Waals surface area contributed by atoms with E-state index in [9.17, 15) is 8.42 Å². The van der Waals surface area contributed by atoms with Crippen molar-refractivity contribution in [1.82, 2.24) is 14.1 Å². The number of sulfonamides is 1. The number of benzene rings is 1. The number of anilines is 1. The summed E-state index contributed by atoms with van der Waals surface area (Å²) in [4.78, 5) is 0.272. The number of aromatic nitrogens is 2. The molecule has 0 bridgehead atoms. The molecule has 0 spiro atoms. The van der Waals surface area contributed by atoms with Crippen molar-refractivity contribution in [3.63, 3.8) is 0 Å². The van der Waals surface area contributed by atoms with E-state index >= 15 is 0 Å². The van der Waals surface area contributed by atoms with Gasteiger partial charge < -0.3 is 5.32 Å². The lowest BCUT2D eigenvalue weighted by Gasteiger charge is -2.18. The van der Waals surface area contributed by atoms with Crippen LogP contribution in [0.5, 0.6) is 0 Å². The summed E-state index contributed by atoms with van der Waals surface area (Å²) in [6.07, 6.45) is 3.46. The first kappa shape index (κ1) is 14.5. The molecule has 0 aliphatic heterocycles. The second-order valence-corrected chi connectivity index (χ2v) is 6.54. The third-order valence-electron chi connectivity index (χ3n) is 3.01. The van der Waals surface area contributed by atoms with Gasteiger partial charge in [0.1, 0.15) is 4.90 Å². The first-order valence-electron chi connectivity index (χ1n) is 6.16. The van der Waals surface area contributed by atoms with Crippen LogP contribution in [0.25, 0.3) is 0 Å². The molecule has 0 atom stereocenters. The fourth-order valence-electron chi connectivity index (χ4n) is 1.96. The van der Waals surface area contributed by atoms with E-state index in [0.717, 1.165) is 5.56 Å². The maximum Gasteiger partial charge on any atom is 0.245 e. The molecule has 108 valence electrons. The molecule has 1 heterocycles. The third-order valence-corrected chi connectivity index (χ3v) is 4.87. The number of aryl methyl sites for hydroxylation is 1. The van der Waals surface area contributed by atoms with E-state index in [1.54, 1.807) is 62.5 Å². The lowest BCUT2D eigenvalue weighted by Crippen LogP contribution is -2.27. The maximum absolute atomic E-state index is 12.6. The molecule has 0 aliphatic rings. The molecule has 0 aliphatic carbocycles. The van der Waals surface area contributed by atoms with Gasteiger partial charge in [0, 0.05) is 39.4 Å². The minimum atomic E-state index is -3.54. The van der Waals surface area contributed by atoms with E-state index in [-0.39, 0.29) is 11.4 Å². The van der Waals surface area contributed by atoms with Gasteiger partial charge in [-0.3, -0.25) is 4.68 Å². The van der Waals surface area contributed by atoms with Crippen LogP contribution in [0, 0.1) is 0 Å². The fraction of sp³-hybridized carbons (Fsp3) is 0.308. The van der Waals surface area contributed by atoms with Gasteiger partial charge in [0.25, 0.3) is 0 Å². The highest BCUT2D eigenvalue weighted by molar-refractivity contribution is 7.89. The summed E-state index contributed by atoms with van der Waals surface area (Å²) < 4.78 is 28.1. The summed E-state index contributed by atoms with van der Waals surface area (Å²) in [6.45, 7) is 0.286. The van der Waals surface area contributed by atoms with Crippen LogP contribution in [0.15, 0.2) is 41.6 Å². The van der Waals surface area contributed by atoms with Gasteiger partial charge in [-0.2, -0.15) is 9.40 Å². The molecule has 0 saturated heterocycles. The normalized spacial score (nSPS) is 11.8. The fourth-order valence-corrected chi connectivity index (χ4v) is 3.31. The first-order chi connectivity index (χ1) is 9.45. The van der Waals surface area contributed by atoms with Crippen molar-refractivity contribution in [3.8, 4) is 0 Å². The Morgan fingerprint density at radius 2 is 2.05 bits per heavy atom. The highest BCUT2D eigenvalue weighted by Gasteiger charge is 2.23. The third kappa shape index (κ3) is 2.83. The quantitative estimate of drug-likeness (QED) is 0.902. The van der Waals surface area contributed by atoms with Gasteiger partial charge in [-0.25, -0.2) is 8.42 Å². The van der Waals surface area contributed by atoms with Crippen LogP contribution in [-0.4, -0.2) is 36.6 Å². The Hall–Kier alpha value is -1.86. The number of hydrogen-bond acceptors (Lipinski definition) is 4. The smallest absolute Gasteiger partial charge is 0.245 e. The van der Waals surface area contributed by atoms with Crippen molar-refractivity contribution in [2.75, 3.05) is 19.4 Å². The van der Waals surface area contributed by atoms with E-state index in [4.69, 9.17) is 0 Å². The van der Waals surface area contributed by atoms with Gasteiger partial charge in [0.05, 0.1) is 11.9 Å². The van der Waals surface area contributed by atoms with E-state index in [1.807, 2.05) is 0 Å². The molecule has 6 nitrogen and oxygen atoms in total. The lowest BCUT2D eigenvalue weighted by atomic mass is 10.3. The van der Waals surface area contributed by atoms with Crippen molar-refractivity contribution in [2.45, 2.75) is 11.4 Å². The van der Waals surface area contributed by atoms with Crippen LogP contribution < -0.4 is 5.32 Å². The zero-order chi connectivity index (χ0) is 14.8. The Kier molecular flexibility index (Phi) is 4.10. The summed E-state index contributed by atoms with van der Waals surface area (Å²) in [5.41, 5.74) is 1.44. The average Bonchev–Trinajstić information content (AvgIpc) is 2.84. The molecule has 0 unspecified atom stereocenters. The van der Waals surface area contributed by atoms with Crippen LogP contribution in [0.4, 0.5) is 5.69 Å². The van der Waals surface area contributed by atoms with Gasteiger partial charge in [0.15, 0.2) is 0 Å². The second kappa shape index (κ2) is 5.64. The Morgan fingerprint density at radius 1 is 1.35 bits per heavy atom. The minimum Gasteiger partial charge on any atom is -0.387 e. The number of para-hydroxylation sites is 1. The molecule has 7 heteroatoms. The standard InChI is InChI=1S/C13H18N4O2S/c1-14-12-6-4-5-7-13(12)20(18,19)17(3)10-11-8-15-16(2)9-11/h4-9,14H,10H2,1-3H3. The predicted molar refractivity (Wildman–Crippen MR) is 77.8 cm³/mol. The highest BCUT2D eigenvalue weighted by Crippen LogP contribution is 2.24. The molecular weight excluding hydrogens is 276 g/mol. The molecule has 0 fully saturated rings. The predicted octanol–water partition coefficient (Wildman–Crippen LogP) is 1.28. The molecule has 0 radical (unpaired) electrons. The first-order valence-corrected chi connectivity index (χ1v) is 7.60. The number of nitrogens with zero attached hydrogens (tertiary/aromatic N) is 3. The largest absolute Gasteiger partial charge is 0.387 e. The summed E-state index contributed by atoms with van der Waals surface area (Å²) in [7, 11) is 1.53. The van der Waals surface area contributed by atoms with Crippen molar-refractivity contribution in [2.24, 2.45) is 7.05 Å². The van der Waals surface area contributed by atoms with Crippen LogP contribution in [-0.2, 0) is 23.6 Å². The van der Waals surface area contributed by atoms with Crippen molar-refractivity contribution in [3.05, 3.63) is 42.2 Å². The molecule has 2 rings (SSSR count).